The van der Waals surface area contributed by atoms with Gasteiger partial charge in [0.05, 0.1) is 23.7 Å². The molecule has 32 heavy (non-hydrogen) atoms. The Labute approximate surface area is 186 Å². The van der Waals surface area contributed by atoms with Gasteiger partial charge >= 0.3 is 34.5 Å². The van der Waals surface area contributed by atoms with Gasteiger partial charge in [0, 0.05) is 11.2 Å². The molecule has 0 fully saturated rings. The van der Waals surface area contributed by atoms with E-state index in [9.17, 15) is 24.3 Å². The van der Waals surface area contributed by atoms with Crippen LogP contribution in [0.4, 0.5) is 5.69 Å². The van der Waals surface area contributed by atoms with Crippen molar-refractivity contribution in [3.63, 3.8) is 0 Å². The zero-order chi connectivity index (χ0) is 23.8. The minimum Gasteiger partial charge on any atom is -0.609 e. The van der Waals surface area contributed by atoms with E-state index in [-0.39, 0.29) is 29.7 Å². The topological polar surface area (TPSA) is 163 Å². The lowest BCUT2D eigenvalue weighted by atomic mass is 10.1. The second-order valence-corrected chi connectivity index (χ2v) is 7.40. The van der Waals surface area contributed by atoms with E-state index in [4.69, 9.17) is 18.9 Å². The molecule has 1 atom stereocenters. The van der Waals surface area contributed by atoms with Gasteiger partial charge in [-0.25, -0.2) is 9.59 Å². The largest absolute Gasteiger partial charge is 0.609 e. The van der Waals surface area contributed by atoms with Crippen LogP contribution in [0.1, 0.15) is 29.8 Å². The van der Waals surface area contributed by atoms with Crippen LogP contribution < -0.4 is 9.47 Å². The number of aromatic nitrogens is 2. The molecule has 0 radical (unpaired) electrons. The first-order chi connectivity index (χ1) is 15.2. The minimum absolute atomic E-state index is 0.0408. The molecule has 0 aliphatic rings. The lowest BCUT2D eigenvalue weighted by Crippen LogP contribution is -2.17. The average molecular weight is 467 g/mol. The third kappa shape index (κ3) is 6.52. The number of carbonyl (C=O) groups is 2. The summed E-state index contributed by atoms with van der Waals surface area (Å²) in [5.41, 5.74) is -0.0142. The smallest absolute Gasteiger partial charge is 0.393 e. The third-order valence-corrected chi connectivity index (χ3v) is 4.34. The quantitative estimate of drug-likeness (QED) is 0.166. The molecule has 0 aliphatic heterocycles. The Bertz CT molecular complexity index is 1010. The van der Waals surface area contributed by atoms with Crippen LogP contribution >= 0.6 is 0 Å². The van der Waals surface area contributed by atoms with Crippen molar-refractivity contribution in [2.24, 2.45) is 0 Å². The normalized spacial score (nSPS) is 11.4. The summed E-state index contributed by atoms with van der Waals surface area (Å²) in [4.78, 5) is 42.1. The fraction of sp³-hybridized carbons (Fsp3) is 0.368. The molecule has 0 N–H and O–H groups in total. The maximum Gasteiger partial charge on any atom is 0.393 e. The molecule has 0 aliphatic carbocycles. The zero-order valence-corrected chi connectivity index (χ0v) is 18.6. The molecule has 0 bridgehead atoms. The van der Waals surface area contributed by atoms with Crippen LogP contribution in [0.25, 0.3) is 0 Å². The van der Waals surface area contributed by atoms with Crippen molar-refractivity contribution in [1.29, 1.82) is 0 Å². The number of aryl methyl sites for hydroxylation is 1. The van der Waals surface area contributed by atoms with E-state index in [0.717, 1.165) is 0 Å². The summed E-state index contributed by atoms with van der Waals surface area (Å²) in [6, 6.07) is 4.38. The Morgan fingerprint density at radius 2 is 1.75 bits per heavy atom. The number of carbonyl (C=O) groups excluding carboxylic acids is 2. The number of rotatable bonds is 10. The molecule has 2 rings (SSSR count). The number of ether oxygens (including phenoxy) is 4. The number of esters is 2. The zero-order valence-electron chi connectivity index (χ0n) is 17.8. The Morgan fingerprint density at radius 1 is 1.09 bits per heavy atom. The van der Waals surface area contributed by atoms with Gasteiger partial charge in [-0.05, 0) is 44.5 Å². The van der Waals surface area contributed by atoms with Gasteiger partial charge in [0.15, 0.2) is 6.61 Å². The molecule has 0 amide bonds. The van der Waals surface area contributed by atoms with Crippen LogP contribution in [-0.2, 0) is 25.4 Å². The fourth-order valence-corrected chi connectivity index (χ4v) is 2.86. The van der Waals surface area contributed by atoms with Crippen LogP contribution in [0.15, 0.2) is 23.4 Å². The van der Waals surface area contributed by atoms with Crippen LogP contribution in [-0.4, -0.2) is 57.5 Å². The number of benzene rings is 1. The van der Waals surface area contributed by atoms with Crippen LogP contribution in [0.5, 0.6) is 17.5 Å². The summed E-state index contributed by atoms with van der Waals surface area (Å²) in [7, 11) is 0. The van der Waals surface area contributed by atoms with Crippen molar-refractivity contribution in [2.45, 2.75) is 25.9 Å². The molecule has 0 spiro atoms. The first-order valence-corrected chi connectivity index (χ1v) is 10.9. The second kappa shape index (κ2) is 11.2. The highest BCUT2D eigenvalue weighted by Gasteiger charge is 2.32. The monoisotopic (exact) mass is 467 g/mol. The summed E-state index contributed by atoms with van der Waals surface area (Å²) in [5.74, 6) is -2.53. The van der Waals surface area contributed by atoms with E-state index in [1.165, 1.54) is 18.4 Å². The Kier molecular flexibility index (Phi) is 8.72. The van der Waals surface area contributed by atoms with Crippen molar-refractivity contribution in [2.75, 3.05) is 26.1 Å². The van der Waals surface area contributed by atoms with Gasteiger partial charge in [0.1, 0.15) is 12.0 Å². The van der Waals surface area contributed by atoms with E-state index >= 15 is 0 Å². The van der Waals surface area contributed by atoms with Gasteiger partial charge in [-0.3, -0.25) is 10.1 Å². The molecular weight excluding hydrogens is 446 g/mol. The van der Waals surface area contributed by atoms with Gasteiger partial charge < -0.3 is 23.5 Å². The molecule has 0 saturated heterocycles. The van der Waals surface area contributed by atoms with E-state index in [2.05, 4.69) is 9.97 Å². The summed E-state index contributed by atoms with van der Waals surface area (Å²) < 4.78 is 32.4. The van der Waals surface area contributed by atoms with E-state index < -0.39 is 52.1 Å². The highest BCUT2D eigenvalue weighted by Crippen LogP contribution is 2.37. The molecule has 1 aromatic carbocycles. The number of nitrogens with zero attached hydrogens (tertiary/aromatic N) is 3. The van der Waals surface area contributed by atoms with Gasteiger partial charge in [0.2, 0.25) is 0 Å². The van der Waals surface area contributed by atoms with Gasteiger partial charge in [-0.15, -0.1) is 9.97 Å². The highest BCUT2D eigenvalue weighted by atomic mass is 32.2. The standard InChI is InChI=1S/C19H21N3O9S/c1-5-28-14(23)10-30-16-15(22(25)26)17(21-19(20-16)32(4)27)31-13-8-11(3)7-12(9-13)18(24)29-6-2/h7-9H,5-6,10H2,1-4H3. The van der Waals surface area contributed by atoms with Gasteiger partial charge in [-0.1, -0.05) is 0 Å². The van der Waals surface area contributed by atoms with Crippen LogP contribution in [0.3, 0.4) is 0 Å². The van der Waals surface area contributed by atoms with E-state index in [1.807, 2.05) is 0 Å². The third-order valence-electron chi connectivity index (χ3n) is 3.65. The molecule has 13 heteroatoms. The predicted molar refractivity (Wildman–Crippen MR) is 110 cm³/mol. The Morgan fingerprint density at radius 3 is 2.34 bits per heavy atom. The lowest BCUT2D eigenvalue weighted by Gasteiger charge is -2.12. The molecule has 172 valence electrons. The number of hydrogen-bond donors (Lipinski definition) is 0. The number of hydrogen-bond acceptors (Lipinski definition) is 11. The summed E-state index contributed by atoms with van der Waals surface area (Å²) in [5, 5.41) is 11.4. The molecule has 1 unspecified atom stereocenters. The van der Waals surface area contributed by atoms with Crippen molar-refractivity contribution in [3.05, 3.63) is 39.4 Å². The fourth-order valence-electron chi connectivity index (χ4n) is 2.43. The predicted octanol–water partition coefficient (Wildman–Crippen LogP) is 2.34. The molecule has 0 saturated carbocycles. The molecule has 2 aromatic rings. The summed E-state index contributed by atoms with van der Waals surface area (Å²) >= 11 is -1.76. The van der Waals surface area contributed by atoms with Crippen molar-refractivity contribution < 1.29 is 38.0 Å². The second-order valence-electron chi connectivity index (χ2n) is 6.13. The maximum atomic E-state index is 12.1. The lowest BCUT2D eigenvalue weighted by molar-refractivity contribution is -0.387. The SMILES string of the molecule is CCOC(=O)COc1nc([S+](C)[O-])nc(Oc2cc(C)cc(C(=O)OCC)c2)c1[N+](=O)[O-]. The van der Waals surface area contributed by atoms with Crippen LogP contribution in [0, 0.1) is 17.0 Å². The summed E-state index contributed by atoms with van der Waals surface area (Å²) in [6.45, 7) is 4.50. The Balaban J connectivity index is 2.51. The van der Waals surface area contributed by atoms with Gasteiger partial charge in [-0.2, -0.15) is 0 Å². The summed E-state index contributed by atoms with van der Waals surface area (Å²) in [6.07, 6.45) is 1.26. The van der Waals surface area contributed by atoms with Crippen LogP contribution in [0.2, 0.25) is 0 Å². The maximum absolute atomic E-state index is 12.1. The molecule has 12 nitrogen and oxygen atoms in total. The van der Waals surface area contributed by atoms with Crippen molar-refractivity contribution >= 4 is 28.8 Å². The van der Waals surface area contributed by atoms with Crippen molar-refractivity contribution in [3.8, 4) is 17.5 Å². The minimum atomic E-state index is -1.76. The Hall–Kier alpha value is -3.45. The van der Waals surface area contributed by atoms with E-state index in [1.54, 1.807) is 26.8 Å². The first kappa shape index (κ1) is 24.8. The molecule has 1 heterocycles. The van der Waals surface area contributed by atoms with Crippen molar-refractivity contribution in [1.82, 2.24) is 9.97 Å². The highest BCUT2D eigenvalue weighted by molar-refractivity contribution is 7.90. The average Bonchev–Trinajstić information content (AvgIpc) is 2.71. The first-order valence-electron chi connectivity index (χ1n) is 9.31. The molecule has 1 aromatic heterocycles. The molecular formula is C19H21N3O9S. The number of nitro groups is 1. The van der Waals surface area contributed by atoms with Gasteiger partial charge in [0.25, 0.3) is 0 Å². The van der Waals surface area contributed by atoms with E-state index in [0.29, 0.717) is 5.56 Å².